The number of aromatic nitrogens is 2. The SMILES string of the molecule is COC(=O)CCCCCCCCO[C@@H]1OC(CO)[C@@H](OC2OC[C@@H](O)C(O)C2O)C(OC2OC(CO)[C@H](O)C(O[C@]3(C(=O)O)CC(O)[C@@H](NC(C)=O)C(C(O)C(O)CO)O3)C2O)C1NC(=O)c1cc(=O)[nH]c(=O)[nH]1. The van der Waals surface area contributed by atoms with Crippen LogP contribution in [0.5, 0.6) is 0 Å². The molecule has 4 saturated heterocycles. The van der Waals surface area contributed by atoms with Gasteiger partial charge in [-0.1, -0.05) is 25.7 Å². The van der Waals surface area contributed by atoms with Crippen LogP contribution in [0.4, 0.5) is 0 Å². The molecule has 1 aromatic heterocycles. The van der Waals surface area contributed by atoms with E-state index >= 15 is 0 Å². The molecule has 422 valence electrons. The van der Waals surface area contributed by atoms with Crippen molar-refractivity contribution in [3.05, 3.63) is 32.6 Å². The minimum Gasteiger partial charge on any atom is -0.477 e. The quantitative estimate of drug-likeness (QED) is 0.0319. The summed E-state index contributed by atoms with van der Waals surface area (Å²) < 4.78 is 52.0. The molecule has 20 atom stereocenters. The molecule has 4 aliphatic heterocycles. The van der Waals surface area contributed by atoms with Crippen molar-refractivity contribution in [3.8, 4) is 0 Å². The Bertz CT molecular complexity index is 2070. The number of carboxylic acid groups (broad SMARTS) is 1. The number of aromatic amines is 2. The Morgan fingerprint density at radius 1 is 0.770 bits per heavy atom. The molecule has 0 aliphatic carbocycles. The van der Waals surface area contributed by atoms with Crippen molar-refractivity contribution in [2.24, 2.45) is 0 Å². The molecule has 5 heterocycles. The van der Waals surface area contributed by atoms with Crippen LogP contribution in [0.1, 0.15) is 68.8 Å². The highest BCUT2D eigenvalue weighted by molar-refractivity contribution is 5.92. The van der Waals surface area contributed by atoms with E-state index in [1.807, 2.05) is 4.98 Å². The Hall–Kier alpha value is -4.20. The van der Waals surface area contributed by atoms with Crippen LogP contribution < -0.4 is 21.9 Å². The van der Waals surface area contributed by atoms with Crippen molar-refractivity contribution in [1.29, 1.82) is 0 Å². The van der Waals surface area contributed by atoms with Crippen LogP contribution in [-0.4, -0.2) is 257 Å². The monoisotopic (exact) mass is 1070 g/mol. The first kappa shape index (κ1) is 60.7. The summed E-state index contributed by atoms with van der Waals surface area (Å²) in [5, 5.41) is 134. The zero-order valence-corrected chi connectivity index (χ0v) is 40.2. The third-order valence-corrected chi connectivity index (χ3v) is 12.8. The van der Waals surface area contributed by atoms with Gasteiger partial charge in [-0.2, -0.15) is 0 Å². The van der Waals surface area contributed by atoms with Gasteiger partial charge in [0.15, 0.2) is 18.9 Å². The van der Waals surface area contributed by atoms with E-state index in [2.05, 4.69) is 20.4 Å². The molecular weight excluding hydrogens is 1000 g/mol. The van der Waals surface area contributed by atoms with Crippen LogP contribution >= 0.6 is 0 Å². The Balaban J connectivity index is 1.54. The van der Waals surface area contributed by atoms with Gasteiger partial charge in [0.2, 0.25) is 5.91 Å². The molecule has 4 aliphatic rings. The molecule has 0 aromatic carbocycles. The molecule has 0 spiro atoms. The van der Waals surface area contributed by atoms with Gasteiger partial charge in [-0.05, 0) is 12.8 Å². The first-order chi connectivity index (χ1) is 35.1. The predicted molar refractivity (Wildman–Crippen MR) is 238 cm³/mol. The second-order valence-electron chi connectivity index (χ2n) is 18.2. The van der Waals surface area contributed by atoms with Gasteiger partial charge in [-0.25, -0.2) is 9.59 Å². The lowest BCUT2D eigenvalue weighted by Gasteiger charge is -2.51. The summed E-state index contributed by atoms with van der Waals surface area (Å²) in [7, 11) is 1.29. The van der Waals surface area contributed by atoms with E-state index < -0.39 is 190 Å². The fourth-order valence-electron chi connectivity index (χ4n) is 8.85. The van der Waals surface area contributed by atoms with Crippen LogP contribution in [0.2, 0.25) is 0 Å². The highest BCUT2D eigenvalue weighted by atomic mass is 16.8. The molecule has 31 nitrogen and oxygen atoms in total. The summed E-state index contributed by atoms with van der Waals surface area (Å²) in [4.78, 5) is 79.4. The normalized spacial score (nSPS) is 36.3. The molecule has 0 saturated carbocycles. The number of H-pyrrole nitrogens is 2. The third-order valence-electron chi connectivity index (χ3n) is 12.8. The summed E-state index contributed by atoms with van der Waals surface area (Å²) >= 11 is 0. The van der Waals surface area contributed by atoms with Gasteiger partial charge >= 0.3 is 17.6 Å². The summed E-state index contributed by atoms with van der Waals surface area (Å²) in [6, 6.07) is -2.75. The van der Waals surface area contributed by atoms with Crippen molar-refractivity contribution in [1.82, 2.24) is 20.6 Å². The second kappa shape index (κ2) is 27.7. The molecular formula is C43H68N4O27. The number of nitrogens with one attached hydrogen (secondary N) is 4. The maximum Gasteiger partial charge on any atom is 0.364 e. The molecule has 0 bridgehead atoms. The summed E-state index contributed by atoms with van der Waals surface area (Å²) in [5.41, 5.74) is -2.76. The maximum atomic E-state index is 14.0. The van der Waals surface area contributed by atoms with Crippen molar-refractivity contribution >= 4 is 23.8 Å². The average molecular weight is 1070 g/mol. The number of aliphatic hydroxyl groups excluding tert-OH is 11. The Kier molecular flexibility index (Phi) is 22.7. The number of amides is 2. The van der Waals surface area contributed by atoms with Crippen LogP contribution in [-0.2, 0) is 57.0 Å². The van der Waals surface area contributed by atoms with E-state index in [9.17, 15) is 90.0 Å². The van der Waals surface area contributed by atoms with E-state index in [4.69, 9.17) is 37.9 Å². The van der Waals surface area contributed by atoms with Crippen molar-refractivity contribution in [3.63, 3.8) is 0 Å². The maximum absolute atomic E-state index is 14.0. The second-order valence-corrected chi connectivity index (χ2v) is 18.2. The average Bonchev–Trinajstić information content (AvgIpc) is 3.36. The topological polar surface area (TPSA) is 484 Å². The fourth-order valence-corrected chi connectivity index (χ4v) is 8.85. The molecule has 2 amide bonds. The number of hydrogen-bond acceptors (Lipinski definition) is 26. The highest BCUT2D eigenvalue weighted by Gasteiger charge is 2.61. The standard InChI is InChI=1S/C43H68N4O27/c1-17(51)44-26-19(52)12-43(41(63)64,73-34(26)29(58)20(53)13-48)74-36-30(59)22(14-49)69-40(32(36)61)72-35-27(47-37(62)18-11-24(55)46-42(65)45-18)38(67-10-8-6-4-3-5-7-9-25(56)66-2)70-23(15-50)33(35)71-39-31(60)28(57)21(54)16-68-39/h11,19-23,26-36,38-40,48-50,52-54,57-61H,3-10,12-16H2,1-2H3,(H,44,51)(H,47,62)(H,63,64)(H2,45,46,55,65)/t19?,20?,21-,22?,23?,26-,27?,28?,29?,30+,31?,32?,33-,34?,35?,36?,38-,39?,40?,43+/m1/s1. The number of hydrogen-bond donors (Lipinski definition) is 16. The van der Waals surface area contributed by atoms with Gasteiger partial charge in [0.25, 0.3) is 17.3 Å². The molecule has 4 fully saturated rings. The Morgan fingerprint density at radius 3 is 2.04 bits per heavy atom. The minimum absolute atomic E-state index is 0.125. The van der Waals surface area contributed by atoms with Crippen molar-refractivity contribution < 1.29 is 123 Å². The van der Waals surface area contributed by atoms with Crippen molar-refractivity contribution in [2.45, 2.75) is 180 Å². The number of rotatable bonds is 25. The molecule has 0 radical (unpaired) electrons. The molecule has 74 heavy (non-hydrogen) atoms. The minimum atomic E-state index is -3.21. The highest BCUT2D eigenvalue weighted by Crippen LogP contribution is 2.39. The number of methoxy groups -OCH3 is 1. The summed E-state index contributed by atoms with van der Waals surface area (Å²) in [6.07, 6.45) is -31.3. The van der Waals surface area contributed by atoms with Crippen molar-refractivity contribution in [2.75, 3.05) is 40.1 Å². The number of aliphatic carboxylic acids is 1. The molecule has 5 rings (SSSR count). The van der Waals surface area contributed by atoms with E-state index in [1.54, 1.807) is 0 Å². The van der Waals surface area contributed by atoms with Gasteiger partial charge in [0, 0.05) is 32.4 Å². The number of aliphatic hydroxyl groups is 11. The Labute approximate surface area is 420 Å². The van der Waals surface area contributed by atoms with Gasteiger partial charge < -0.3 is 120 Å². The van der Waals surface area contributed by atoms with Crippen LogP contribution in [0.25, 0.3) is 0 Å². The predicted octanol–water partition coefficient (Wildman–Crippen LogP) is -8.02. The number of carbonyl (C=O) groups excluding carboxylic acids is 3. The van der Waals surface area contributed by atoms with Crippen LogP contribution in [0, 0.1) is 0 Å². The van der Waals surface area contributed by atoms with E-state index in [0.29, 0.717) is 38.2 Å². The lowest BCUT2D eigenvalue weighted by Crippen LogP contribution is -2.71. The van der Waals surface area contributed by atoms with Gasteiger partial charge in [-0.3, -0.25) is 24.2 Å². The first-order valence-corrected chi connectivity index (χ1v) is 23.8. The zero-order chi connectivity index (χ0) is 54.6. The molecule has 1 aromatic rings. The molecule has 31 heteroatoms. The third kappa shape index (κ3) is 15.0. The van der Waals surface area contributed by atoms with Gasteiger partial charge in [0.05, 0.1) is 45.7 Å². The number of carbonyl (C=O) groups is 4. The van der Waals surface area contributed by atoms with Crippen LogP contribution in [0.3, 0.4) is 0 Å². The lowest BCUT2D eigenvalue weighted by atomic mass is 9.88. The zero-order valence-electron chi connectivity index (χ0n) is 40.2. The number of ether oxygens (including phenoxy) is 9. The van der Waals surface area contributed by atoms with E-state index in [0.717, 1.165) is 13.3 Å². The lowest BCUT2D eigenvalue weighted by molar-refractivity contribution is -0.388. The first-order valence-electron chi connectivity index (χ1n) is 23.8. The molecule has 16 N–H and O–H groups in total. The van der Waals surface area contributed by atoms with E-state index in [-0.39, 0.29) is 19.0 Å². The molecule has 14 unspecified atom stereocenters. The number of carboxylic acids is 1. The largest absolute Gasteiger partial charge is 0.477 e. The fraction of sp³-hybridized carbons (Fsp3) is 0.814. The Morgan fingerprint density at radius 2 is 1.42 bits per heavy atom. The van der Waals surface area contributed by atoms with Crippen LogP contribution in [0.15, 0.2) is 15.7 Å². The summed E-state index contributed by atoms with van der Waals surface area (Å²) in [5.74, 6) is -7.65. The van der Waals surface area contributed by atoms with E-state index in [1.165, 1.54) is 7.11 Å². The van der Waals surface area contributed by atoms with Gasteiger partial charge in [0.1, 0.15) is 91.1 Å². The summed E-state index contributed by atoms with van der Waals surface area (Å²) in [6.45, 7) is -2.99. The smallest absolute Gasteiger partial charge is 0.364 e. The number of unbranched alkanes of at least 4 members (excludes halogenated alkanes) is 5. The van der Waals surface area contributed by atoms with Gasteiger partial charge in [-0.15, -0.1) is 0 Å². The number of esters is 1.